The summed E-state index contributed by atoms with van der Waals surface area (Å²) >= 11 is 0. The number of methoxy groups -OCH3 is 1. The normalized spacial score (nSPS) is 13.0. The number of hydrogen-bond donors (Lipinski definition) is 1. The quantitative estimate of drug-likeness (QED) is 0.736. The van der Waals surface area contributed by atoms with Gasteiger partial charge < -0.3 is 9.84 Å². The van der Waals surface area contributed by atoms with E-state index >= 15 is 0 Å². The molecule has 1 aromatic rings. The average Bonchev–Trinajstić information content (AvgIpc) is 2.28. The molecule has 2 nitrogen and oxygen atoms in total. The minimum absolute atomic E-state index is 0.364. The molecule has 1 unspecified atom stereocenters. The predicted molar refractivity (Wildman–Crippen MR) is 71.1 cm³/mol. The fraction of sp³-hybridized carbons (Fsp3) is 0.600. The van der Waals surface area contributed by atoms with Crippen molar-refractivity contribution in [2.24, 2.45) is 5.92 Å². The Hall–Kier alpha value is -0.860. The van der Waals surface area contributed by atoms with Gasteiger partial charge in [0.1, 0.15) is 0 Å². The second-order valence-electron chi connectivity index (χ2n) is 4.99. The number of aliphatic hydroxyl groups excluding tert-OH is 1. The smallest absolute Gasteiger partial charge is 0.0791 e. The molecule has 0 aliphatic heterocycles. The van der Waals surface area contributed by atoms with Crippen molar-refractivity contribution in [2.45, 2.75) is 39.2 Å². The molecule has 1 N–H and O–H groups in total. The third-order valence-corrected chi connectivity index (χ3v) is 2.81. The van der Waals surface area contributed by atoms with Crippen molar-refractivity contribution >= 4 is 0 Å². The molecule has 17 heavy (non-hydrogen) atoms. The maximum Gasteiger partial charge on any atom is 0.0791 e. The lowest BCUT2D eigenvalue weighted by Crippen LogP contribution is -2.01. The van der Waals surface area contributed by atoms with Gasteiger partial charge in [0.25, 0.3) is 0 Å². The minimum Gasteiger partial charge on any atom is -0.388 e. The third kappa shape index (κ3) is 5.33. The van der Waals surface area contributed by atoms with Gasteiger partial charge in [-0.25, -0.2) is 0 Å². The van der Waals surface area contributed by atoms with Crippen LogP contribution in [-0.2, 0) is 11.2 Å². The number of ether oxygens (including phenoxy) is 1. The van der Waals surface area contributed by atoms with E-state index in [4.69, 9.17) is 4.74 Å². The first-order valence-corrected chi connectivity index (χ1v) is 6.39. The van der Waals surface area contributed by atoms with Crippen LogP contribution in [-0.4, -0.2) is 18.8 Å². The number of rotatable bonds is 7. The van der Waals surface area contributed by atoms with Crippen LogP contribution in [0.5, 0.6) is 0 Å². The highest BCUT2D eigenvalue weighted by Gasteiger charge is 2.08. The van der Waals surface area contributed by atoms with Crippen molar-refractivity contribution < 1.29 is 9.84 Å². The Bertz CT molecular complexity index is 320. The van der Waals surface area contributed by atoms with Gasteiger partial charge in [0.2, 0.25) is 0 Å². The van der Waals surface area contributed by atoms with Crippen molar-refractivity contribution in [1.82, 2.24) is 0 Å². The Morgan fingerprint density at radius 3 is 2.71 bits per heavy atom. The Morgan fingerprint density at radius 2 is 2.06 bits per heavy atom. The summed E-state index contributed by atoms with van der Waals surface area (Å²) in [5.74, 6) is 0.649. The SMILES string of the molecule is COCCCC(O)c1cccc(CC(C)C)c1. The summed E-state index contributed by atoms with van der Waals surface area (Å²) in [7, 11) is 1.69. The topological polar surface area (TPSA) is 29.5 Å². The van der Waals surface area contributed by atoms with Crippen LogP contribution in [0, 0.1) is 5.92 Å². The van der Waals surface area contributed by atoms with Crippen LogP contribution >= 0.6 is 0 Å². The zero-order valence-corrected chi connectivity index (χ0v) is 11.1. The highest BCUT2D eigenvalue weighted by molar-refractivity contribution is 5.25. The molecular formula is C15H24O2. The molecule has 0 heterocycles. The highest BCUT2D eigenvalue weighted by Crippen LogP contribution is 2.20. The van der Waals surface area contributed by atoms with Gasteiger partial charge >= 0.3 is 0 Å². The zero-order valence-electron chi connectivity index (χ0n) is 11.1. The largest absolute Gasteiger partial charge is 0.388 e. The monoisotopic (exact) mass is 236 g/mol. The van der Waals surface area contributed by atoms with Crippen molar-refractivity contribution in [3.05, 3.63) is 35.4 Å². The van der Waals surface area contributed by atoms with Crippen molar-refractivity contribution in [3.8, 4) is 0 Å². The Kier molecular flexibility index (Phi) is 6.23. The van der Waals surface area contributed by atoms with E-state index in [0.717, 1.165) is 24.8 Å². The average molecular weight is 236 g/mol. The maximum atomic E-state index is 10.1. The van der Waals surface area contributed by atoms with E-state index in [0.29, 0.717) is 12.5 Å². The van der Waals surface area contributed by atoms with E-state index in [1.54, 1.807) is 7.11 Å². The summed E-state index contributed by atoms with van der Waals surface area (Å²) in [6.07, 6.45) is 2.36. The molecule has 0 radical (unpaired) electrons. The summed E-state index contributed by atoms with van der Waals surface area (Å²) in [6.45, 7) is 5.13. The lowest BCUT2D eigenvalue weighted by atomic mass is 9.98. The molecule has 0 spiro atoms. The molecule has 0 saturated heterocycles. The van der Waals surface area contributed by atoms with Gasteiger partial charge in [0.05, 0.1) is 6.10 Å². The molecule has 0 aliphatic carbocycles. The Balaban J connectivity index is 2.57. The molecule has 0 fully saturated rings. The first-order chi connectivity index (χ1) is 8.13. The van der Waals surface area contributed by atoms with Crippen LogP contribution < -0.4 is 0 Å². The van der Waals surface area contributed by atoms with Crippen LogP contribution in [0.2, 0.25) is 0 Å². The number of hydrogen-bond acceptors (Lipinski definition) is 2. The van der Waals surface area contributed by atoms with Gasteiger partial charge in [-0.3, -0.25) is 0 Å². The Morgan fingerprint density at radius 1 is 1.29 bits per heavy atom. The van der Waals surface area contributed by atoms with Crippen LogP contribution in [0.25, 0.3) is 0 Å². The summed E-state index contributed by atoms with van der Waals surface area (Å²) in [6, 6.07) is 8.29. The van der Waals surface area contributed by atoms with E-state index in [2.05, 4.69) is 26.0 Å². The van der Waals surface area contributed by atoms with E-state index in [-0.39, 0.29) is 6.10 Å². The van der Waals surface area contributed by atoms with E-state index in [9.17, 15) is 5.11 Å². The summed E-state index contributed by atoms with van der Waals surface area (Å²) in [5.41, 5.74) is 2.34. The molecule has 2 heteroatoms. The third-order valence-electron chi connectivity index (χ3n) is 2.81. The van der Waals surface area contributed by atoms with Crippen LogP contribution in [0.1, 0.15) is 43.9 Å². The van der Waals surface area contributed by atoms with Gasteiger partial charge in [0.15, 0.2) is 0 Å². The van der Waals surface area contributed by atoms with Crippen LogP contribution in [0.4, 0.5) is 0 Å². The van der Waals surface area contributed by atoms with E-state index in [1.807, 2.05) is 12.1 Å². The first kappa shape index (κ1) is 14.2. The second-order valence-corrected chi connectivity index (χ2v) is 4.99. The molecule has 1 rings (SSSR count). The fourth-order valence-corrected chi connectivity index (χ4v) is 1.99. The number of aliphatic hydroxyl groups is 1. The summed E-state index contributed by atoms with van der Waals surface area (Å²) in [5, 5.41) is 10.1. The molecule has 96 valence electrons. The minimum atomic E-state index is -0.364. The first-order valence-electron chi connectivity index (χ1n) is 6.39. The molecule has 0 aliphatic rings. The Labute approximate surface area is 105 Å². The van der Waals surface area contributed by atoms with Gasteiger partial charge in [-0.1, -0.05) is 38.1 Å². The fourth-order valence-electron chi connectivity index (χ4n) is 1.99. The molecule has 0 amide bonds. The van der Waals surface area contributed by atoms with Gasteiger partial charge in [0, 0.05) is 13.7 Å². The van der Waals surface area contributed by atoms with Crippen LogP contribution in [0.15, 0.2) is 24.3 Å². The van der Waals surface area contributed by atoms with Crippen molar-refractivity contribution in [1.29, 1.82) is 0 Å². The summed E-state index contributed by atoms with van der Waals surface area (Å²) < 4.78 is 4.99. The van der Waals surface area contributed by atoms with Gasteiger partial charge in [-0.15, -0.1) is 0 Å². The maximum absolute atomic E-state index is 10.1. The standard InChI is InChI=1S/C15H24O2/c1-12(2)10-13-6-4-7-14(11-13)15(16)8-5-9-17-3/h4,6-7,11-12,15-16H,5,8-10H2,1-3H3. The lowest BCUT2D eigenvalue weighted by Gasteiger charge is -2.13. The molecular weight excluding hydrogens is 212 g/mol. The molecule has 1 aromatic carbocycles. The highest BCUT2D eigenvalue weighted by atomic mass is 16.5. The zero-order chi connectivity index (χ0) is 12.7. The van der Waals surface area contributed by atoms with Crippen molar-refractivity contribution in [3.63, 3.8) is 0 Å². The number of benzene rings is 1. The molecule has 1 atom stereocenters. The summed E-state index contributed by atoms with van der Waals surface area (Å²) in [4.78, 5) is 0. The van der Waals surface area contributed by atoms with Crippen LogP contribution in [0.3, 0.4) is 0 Å². The second kappa shape index (κ2) is 7.46. The molecule has 0 bridgehead atoms. The van der Waals surface area contributed by atoms with E-state index < -0.39 is 0 Å². The predicted octanol–water partition coefficient (Wildman–Crippen LogP) is 3.35. The van der Waals surface area contributed by atoms with Crippen molar-refractivity contribution in [2.75, 3.05) is 13.7 Å². The van der Waals surface area contributed by atoms with Gasteiger partial charge in [-0.05, 0) is 36.3 Å². The lowest BCUT2D eigenvalue weighted by molar-refractivity contribution is 0.136. The molecule has 0 aromatic heterocycles. The van der Waals surface area contributed by atoms with E-state index in [1.165, 1.54) is 5.56 Å². The van der Waals surface area contributed by atoms with Gasteiger partial charge in [-0.2, -0.15) is 0 Å². The molecule has 0 saturated carbocycles.